The molecule has 1 saturated heterocycles. The van der Waals surface area contributed by atoms with Gasteiger partial charge in [-0.25, -0.2) is 4.79 Å². The van der Waals surface area contributed by atoms with E-state index in [1.54, 1.807) is 4.90 Å². The molecule has 0 radical (unpaired) electrons. The summed E-state index contributed by atoms with van der Waals surface area (Å²) in [5.41, 5.74) is 0.914. The van der Waals surface area contributed by atoms with Crippen LogP contribution < -0.4 is 10.2 Å². The molecule has 1 spiro atoms. The van der Waals surface area contributed by atoms with Crippen molar-refractivity contribution in [1.82, 2.24) is 10.2 Å². The Morgan fingerprint density at radius 2 is 1.57 bits per heavy atom. The van der Waals surface area contributed by atoms with Crippen LogP contribution in [-0.2, 0) is 16.1 Å². The fourth-order valence-electron chi connectivity index (χ4n) is 4.06. The van der Waals surface area contributed by atoms with Crippen molar-refractivity contribution in [2.24, 2.45) is 0 Å². The highest BCUT2D eigenvalue weighted by molar-refractivity contribution is 6.10. The number of carbonyl (C=O) groups excluding carboxylic acids is 3. The Hall–Kier alpha value is -3.15. The highest BCUT2D eigenvalue weighted by atomic mass is 16.2. The summed E-state index contributed by atoms with van der Waals surface area (Å²) < 4.78 is 0. The van der Waals surface area contributed by atoms with Crippen molar-refractivity contribution < 1.29 is 14.4 Å². The Bertz CT molecular complexity index is 876. The molecule has 2 aromatic rings. The Balaban J connectivity index is 1.56. The molecule has 2 fully saturated rings. The van der Waals surface area contributed by atoms with Gasteiger partial charge in [0.2, 0.25) is 5.91 Å². The molecular formula is C22H23N3O3. The Labute approximate surface area is 164 Å². The highest BCUT2D eigenvalue weighted by Gasteiger charge is 2.52. The van der Waals surface area contributed by atoms with Crippen molar-refractivity contribution in [3.8, 4) is 0 Å². The third kappa shape index (κ3) is 3.38. The van der Waals surface area contributed by atoms with Gasteiger partial charge in [0.1, 0.15) is 12.1 Å². The van der Waals surface area contributed by atoms with Crippen molar-refractivity contribution in [2.75, 3.05) is 11.4 Å². The van der Waals surface area contributed by atoms with Gasteiger partial charge >= 0.3 is 6.03 Å². The number of hydrogen-bond donors (Lipinski definition) is 1. The van der Waals surface area contributed by atoms with Crippen LogP contribution in [0.5, 0.6) is 0 Å². The van der Waals surface area contributed by atoms with Gasteiger partial charge in [0.15, 0.2) is 0 Å². The van der Waals surface area contributed by atoms with Crippen LogP contribution in [0.3, 0.4) is 0 Å². The van der Waals surface area contributed by atoms with Crippen molar-refractivity contribution in [1.29, 1.82) is 0 Å². The monoisotopic (exact) mass is 377 g/mol. The van der Waals surface area contributed by atoms with Gasteiger partial charge in [-0.2, -0.15) is 0 Å². The summed E-state index contributed by atoms with van der Waals surface area (Å²) in [7, 11) is 0. The Kier molecular flexibility index (Phi) is 4.86. The maximum absolute atomic E-state index is 13.2. The summed E-state index contributed by atoms with van der Waals surface area (Å²) in [5, 5.41) is 2.83. The third-order valence-electron chi connectivity index (χ3n) is 5.55. The van der Waals surface area contributed by atoms with E-state index in [0.29, 0.717) is 19.4 Å². The normalized spacial score (nSPS) is 17.8. The van der Waals surface area contributed by atoms with Crippen LogP contribution in [0, 0.1) is 0 Å². The second-order valence-corrected chi connectivity index (χ2v) is 7.41. The number of imide groups is 1. The molecule has 1 aliphatic heterocycles. The van der Waals surface area contributed by atoms with E-state index in [-0.39, 0.29) is 18.4 Å². The van der Waals surface area contributed by atoms with Gasteiger partial charge in [0, 0.05) is 5.69 Å². The number of carbonyl (C=O) groups is 3. The minimum atomic E-state index is -0.797. The molecule has 0 atom stereocenters. The number of para-hydroxylation sites is 1. The molecule has 0 aromatic heterocycles. The molecule has 6 nitrogen and oxygen atoms in total. The minimum Gasteiger partial charge on any atom is -0.323 e. The molecule has 28 heavy (non-hydrogen) atoms. The second-order valence-electron chi connectivity index (χ2n) is 7.41. The van der Waals surface area contributed by atoms with Gasteiger partial charge in [0.25, 0.3) is 5.91 Å². The Morgan fingerprint density at radius 3 is 2.21 bits per heavy atom. The summed E-state index contributed by atoms with van der Waals surface area (Å²) in [6.07, 6.45) is 3.12. The first-order valence-corrected chi connectivity index (χ1v) is 9.62. The zero-order valence-electron chi connectivity index (χ0n) is 15.6. The lowest BCUT2D eigenvalue weighted by Crippen LogP contribution is -2.46. The Morgan fingerprint density at radius 1 is 0.964 bits per heavy atom. The number of rotatable bonds is 5. The number of nitrogens with one attached hydrogen (secondary N) is 1. The van der Waals surface area contributed by atoms with Crippen LogP contribution in [0.1, 0.15) is 31.2 Å². The summed E-state index contributed by atoms with van der Waals surface area (Å²) in [6, 6.07) is 18.5. The fraction of sp³-hybridized carbons (Fsp3) is 0.318. The molecule has 2 aliphatic rings. The van der Waals surface area contributed by atoms with Crippen LogP contribution in [0.2, 0.25) is 0 Å². The molecule has 2 aromatic carbocycles. The molecule has 4 rings (SSSR count). The van der Waals surface area contributed by atoms with Crippen LogP contribution in [0.25, 0.3) is 0 Å². The first-order chi connectivity index (χ1) is 13.6. The third-order valence-corrected chi connectivity index (χ3v) is 5.55. The van der Waals surface area contributed by atoms with E-state index in [2.05, 4.69) is 5.32 Å². The van der Waals surface area contributed by atoms with Gasteiger partial charge in [-0.15, -0.1) is 0 Å². The average Bonchev–Trinajstić information content (AvgIpc) is 3.28. The van der Waals surface area contributed by atoms with Crippen LogP contribution in [0.4, 0.5) is 10.5 Å². The van der Waals surface area contributed by atoms with Crippen LogP contribution >= 0.6 is 0 Å². The molecule has 0 unspecified atom stereocenters. The molecule has 1 heterocycles. The van der Waals surface area contributed by atoms with Crippen molar-refractivity contribution in [2.45, 2.75) is 37.8 Å². The molecule has 1 N–H and O–H groups in total. The zero-order chi connectivity index (χ0) is 19.6. The van der Waals surface area contributed by atoms with Gasteiger partial charge in [-0.1, -0.05) is 61.4 Å². The largest absolute Gasteiger partial charge is 0.325 e. The predicted molar refractivity (Wildman–Crippen MR) is 106 cm³/mol. The second kappa shape index (κ2) is 7.46. The lowest BCUT2D eigenvalue weighted by molar-refractivity contribution is -0.134. The number of anilines is 1. The summed E-state index contributed by atoms with van der Waals surface area (Å²) in [4.78, 5) is 41.1. The number of benzene rings is 2. The molecule has 144 valence electrons. The quantitative estimate of drug-likeness (QED) is 0.814. The molecule has 1 saturated carbocycles. The average molecular weight is 377 g/mol. The maximum atomic E-state index is 13.2. The van der Waals surface area contributed by atoms with Gasteiger partial charge < -0.3 is 10.2 Å². The summed E-state index contributed by atoms with van der Waals surface area (Å²) in [5.74, 6) is -0.551. The predicted octanol–water partition coefficient (Wildman–Crippen LogP) is 3.08. The van der Waals surface area contributed by atoms with Gasteiger partial charge in [-0.3, -0.25) is 14.5 Å². The smallest absolute Gasteiger partial charge is 0.323 e. The highest BCUT2D eigenvalue weighted by Crippen LogP contribution is 2.35. The molecule has 0 bridgehead atoms. The zero-order valence-corrected chi connectivity index (χ0v) is 15.6. The van der Waals surface area contributed by atoms with E-state index in [1.165, 1.54) is 0 Å². The standard InChI is InChI=1S/C22H23N3O3/c26-19(16-25-20(27)22(23-21(25)28)13-7-8-14-22)24(18-11-5-2-6-12-18)15-17-9-3-1-4-10-17/h1-6,9-12H,7-8,13-16H2,(H,23,28). The first kappa shape index (κ1) is 18.2. The van der Waals surface area contributed by atoms with Crippen LogP contribution in [0.15, 0.2) is 60.7 Å². The van der Waals surface area contributed by atoms with E-state index >= 15 is 0 Å². The number of amides is 4. The molecular weight excluding hydrogens is 354 g/mol. The van der Waals surface area contributed by atoms with E-state index in [9.17, 15) is 14.4 Å². The summed E-state index contributed by atoms with van der Waals surface area (Å²) >= 11 is 0. The SMILES string of the molecule is O=C1NC2(CCCC2)C(=O)N1CC(=O)N(Cc1ccccc1)c1ccccc1. The van der Waals surface area contributed by atoms with E-state index in [0.717, 1.165) is 29.0 Å². The number of hydrogen-bond acceptors (Lipinski definition) is 3. The lowest BCUT2D eigenvalue weighted by Gasteiger charge is -2.25. The molecule has 1 aliphatic carbocycles. The minimum absolute atomic E-state index is 0.256. The topological polar surface area (TPSA) is 69.7 Å². The van der Waals surface area contributed by atoms with Crippen molar-refractivity contribution in [3.63, 3.8) is 0 Å². The maximum Gasteiger partial charge on any atom is 0.325 e. The number of urea groups is 1. The van der Waals surface area contributed by atoms with Crippen molar-refractivity contribution >= 4 is 23.5 Å². The van der Waals surface area contributed by atoms with E-state index in [4.69, 9.17) is 0 Å². The van der Waals surface area contributed by atoms with Crippen molar-refractivity contribution in [3.05, 3.63) is 66.2 Å². The van der Waals surface area contributed by atoms with E-state index < -0.39 is 11.6 Å². The fourth-order valence-corrected chi connectivity index (χ4v) is 4.06. The lowest BCUT2D eigenvalue weighted by atomic mass is 9.98. The molecule has 6 heteroatoms. The molecule has 4 amide bonds. The first-order valence-electron chi connectivity index (χ1n) is 9.62. The van der Waals surface area contributed by atoms with E-state index in [1.807, 2.05) is 60.7 Å². The summed E-state index contributed by atoms with van der Waals surface area (Å²) in [6.45, 7) is 0.118. The van der Waals surface area contributed by atoms with Gasteiger partial charge in [0.05, 0.1) is 6.54 Å². The van der Waals surface area contributed by atoms with Crippen LogP contribution in [-0.4, -0.2) is 34.8 Å². The van der Waals surface area contributed by atoms with Gasteiger partial charge in [-0.05, 0) is 30.5 Å². The number of nitrogens with zero attached hydrogens (tertiary/aromatic N) is 2.